The molecule has 0 aromatic heterocycles. The molecule has 0 saturated carbocycles. The molecule has 0 unspecified atom stereocenters. The van der Waals surface area contributed by atoms with E-state index in [2.05, 4.69) is 0 Å². The number of carbonyl (C=O) groups excluding carboxylic acids is 2. The van der Waals surface area contributed by atoms with E-state index in [0.29, 0.717) is 0 Å². The molecule has 1 amide bonds. The molecule has 1 aliphatic heterocycles. The number of carbonyl (C=O) groups is 2. The van der Waals surface area contributed by atoms with Crippen LogP contribution in [0.5, 0.6) is 0 Å². The Bertz CT molecular complexity index is 771. The van der Waals surface area contributed by atoms with Crippen molar-refractivity contribution in [3.05, 3.63) is 29.6 Å². The molecule has 2 rings (SSSR count). The van der Waals surface area contributed by atoms with Crippen molar-refractivity contribution in [3.8, 4) is 0 Å². The molecule has 1 heterocycles. The molecule has 0 spiro atoms. The minimum Gasteiger partial charge on any atom is -0.452 e. The molecule has 1 aliphatic rings. The Morgan fingerprint density at radius 2 is 1.88 bits per heavy atom. The van der Waals surface area contributed by atoms with E-state index >= 15 is 0 Å². The second-order valence-corrected chi connectivity index (χ2v) is 7.75. The number of hydrogen-bond donors (Lipinski definition) is 1. The summed E-state index contributed by atoms with van der Waals surface area (Å²) in [5.41, 5.74) is -0.584. The number of esters is 1. The Kier molecular flexibility index (Phi) is 5.79. The average Bonchev–Trinajstić information content (AvgIpc) is 2.51. The van der Waals surface area contributed by atoms with Crippen molar-refractivity contribution in [1.29, 1.82) is 0 Å². The number of hydrogen-bond acceptors (Lipinski definition) is 5. The maximum Gasteiger partial charge on any atom is 0.341 e. The highest BCUT2D eigenvalue weighted by Gasteiger charge is 2.29. The summed E-state index contributed by atoms with van der Waals surface area (Å²) in [4.78, 5) is 25.6. The van der Waals surface area contributed by atoms with Crippen LogP contribution in [0.1, 0.15) is 43.5 Å². The van der Waals surface area contributed by atoms with Gasteiger partial charge >= 0.3 is 5.97 Å². The van der Waals surface area contributed by atoms with Crippen molar-refractivity contribution >= 4 is 21.9 Å². The van der Waals surface area contributed by atoms with Crippen LogP contribution in [0.4, 0.5) is 4.39 Å². The number of ether oxygens (including phenoxy) is 1. The van der Waals surface area contributed by atoms with Gasteiger partial charge in [-0.1, -0.05) is 0 Å². The lowest BCUT2D eigenvalue weighted by Gasteiger charge is -2.38. The van der Waals surface area contributed by atoms with Crippen LogP contribution < -0.4 is 5.14 Å². The minimum absolute atomic E-state index is 0.0393. The number of rotatable bonds is 4. The van der Waals surface area contributed by atoms with Crippen molar-refractivity contribution < 1.29 is 27.1 Å². The minimum atomic E-state index is -4.09. The van der Waals surface area contributed by atoms with Crippen molar-refractivity contribution in [1.82, 2.24) is 4.90 Å². The number of nitrogens with zero attached hydrogens (tertiary/aromatic N) is 1. The van der Waals surface area contributed by atoms with Gasteiger partial charge in [0.25, 0.3) is 5.91 Å². The van der Waals surface area contributed by atoms with Gasteiger partial charge in [-0.25, -0.2) is 22.7 Å². The van der Waals surface area contributed by atoms with Crippen LogP contribution in [0.2, 0.25) is 0 Å². The lowest BCUT2D eigenvalue weighted by molar-refractivity contribution is -0.140. The molecular weight excluding hydrogens is 351 g/mol. The number of halogens is 1. The topological polar surface area (TPSA) is 107 Å². The van der Waals surface area contributed by atoms with Gasteiger partial charge in [0.15, 0.2) is 6.61 Å². The monoisotopic (exact) mass is 372 g/mol. The first-order chi connectivity index (χ1) is 11.6. The lowest BCUT2D eigenvalue weighted by atomic mass is 9.97. The first kappa shape index (κ1) is 19.3. The van der Waals surface area contributed by atoms with Crippen LogP contribution in [-0.2, 0) is 19.6 Å². The van der Waals surface area contributed by atoms with E-state index in [1.807, 2.05) is 13.8 Å². The second-order valence-electron chi connectivity index (χ2n) is 6.19. The highest BCUT2D eigenvalue weighted by atomic mass is 32.2. The summed E-state index contributed by atoms with van der Waals surface area (Å²) >= 11 is 0. The lowest BCUT2D eigenvalue weighted by Crippen LogP contribution is -2.49. The van der Waals surface area contributed by atoms with Gasteiger partial charge in [-0.3, -0.25) is 4.79 Å². The smallest absolute Gasteiger partial charge is 0.341 e. The highest BCUT2D eigenvalue weighted by molar-refractivity contribution is 7.89. The van der Waals surface area contributed by atoms with Gasteiger partial charge in [-0.15, -0.1) is 0 Å². The summed E-state index contributed by atoms with van der Waals surface area (Å²) < 4.78 is 41.3. The molecule has 7 nitrogen and oxygen atoms in total. The fraction of sp³-hybridized carbons (Fsp3) is 0.500. The number of piperidine rings is 1. The molecular formula is C16H21FN2O5S. The third-order valence-corrected chi connectivity index (χ3v) is 5.21. The quantitative estimate of drug-likeness (QED) is 0.805. The van der Waals surface area contributed by atoms with Crippen molar-refractivity contribution in [2.75, 3.05) is 6.61 Å². The first-order valence-electron chi connectivity index (χ1n) is 7.92. The zero-order chi connectivity index (χ0) is 18.8. The fourth-order valence-corrected chi connectivity index (χ4v) is 3.57. The Morgan fingerprint density at radius 3 is 2.44 bits per heavy atom. The van der Waals surface area contributed by atoms with Gasteiger partial charge in [0.05, 0.1) is 10.5 Å². The first-order valence-corrected chi connectivity index (χ1v) is 9.46. The number of nitrogens with two attached hydrogens (primary N) is 1. The van der Waals surface area contributed by atoms with Gasteiger partial charge in [0.1, 0.15) is 5.82 Å². The van der Waals surface area contributed by atoms with Crippen LogP contribution >= 0.6 is 0 Å². The standard InChI is InChI=1S/C16H21FN2O5S/c1-10-4-3-5-11(2)19(10)15(20)9-24-16(21)13-8-12(25(18,22)23)6-7-14(13)17/h6-8,10-11H,3-5,9H2,1-2H3,(H2,18,22,23)/t10-,11-/m1/s1. The van der Waals surface area contributed by atoms with E-state index in [4.69, 9.17) is 9.88 Å². The summed E-state index contributed by atoms with van der Waals surface area (Å²) in [5, 5.41) is 4.96. The Morgan fingerprint density at radius 1 is 1.28 bits per heavy atom. The highest BCUT2D eigenvalue weighted by Crippen LogP contribution is 2.22. The number of benzene rings is 1. The molecule has 1 fully saturated rings. The number of likely N-dealkylation sites (tertiary alicyclic amines) is 1. The molecule has 0 bridgehead atoms. The van der Waals surface area contributed by atoms with Crippen molar-refractivity contribution in [2.45, 2.75) is 50.1 Å². The van der Waals surface area contributed by atoms with Crippen LogP contribution in [0.15, 0.2) is 23.1 Å². The third-order valence-electron chi connectivity index (χ3n) is 4.29. The van der Waals surface area contributed by atoms with Crippen molar-refractivity contribution in [3.63, 3.8) is 0 Å². The van der Waals surface area contributed by atoms with E-state index < -0.39 is 38.9 Å². The molecule has 1 saturated heterocycles. The van der Waals surface area contributed by atoms with E-state index in [1.54, 1.807) is 4.90 Å². The second kappa shape index (κ2) is 7.49. The van der Waals surface area contributed by atoms with E-state index in [0.717, 1.165) is 37.5 Å². The molecule has 0 aliphatic carbocycles. The van der Waals surface area contributed by atoms with Crippen LogP contribution in [-0.4, -0.2) is 43.9 Å². The molecule has 2 N–H and O–H groups in total. The maximum absolute atomic E-state index is 13.8. The Hall–Kier alpha value is -2.00. The fourth-order valence-electron chi connectivity index (χ4n) is 3.03. The predicted molar refractivity (Wildman–Crippen MR) is 87.7 cm³/mol. The zero-order valence-corrected chi connectivity index (χ0v) is 14.9. The summed E-state index contributed by atoms with van der Waals surface area (Å²) in [6, 6.07) is 2.63. The summed E-state index contributed by atoms with van der Waals surface area (Å²) in [7, 11) is -4.09. The molecule has 0 radical (unpaired) electrons. The van der Waals surface area contributed by atoms with E-state index in [-0.39, 0.29) is 18.0 Å². The number of primary sulfonamides is 1. The van der Waals surface area contributed by atoms with Gasteiger partial charge in [0, 0.05) is 12.1 Å². The normalized spacial score (nSPS) is 21.0. The summed E-state index contributed by atoms with van der Waals surface area (Å²) in [6.07, 6.45) is 2.77. The van der Waals surface area contributed by atoms with Gasteiger partial charge in [-0.05, 0) is 51.3 Å². The Labute approximate surface area is 146 Å². The van der Waals surface area contributed by atoms with E-state index in [9.17, 15) is 22.4 Å². The Balaban J connectivity index is 2.09. The number of amides is 1. The van der Waals surface area contributed by atoms with Crippen LogP contribution in [0, 0.1) is 5.82 Å². The largest absolute Gasteiger partial charge is 0.452 e. The molecule has 1 aromatic rings. The SMILES string of the molecule is C[C@@H]1CCC[C@@H](C)N1C(=O)COC(=O)c1cc(S(N)(=O)=O)ccc1F. The van der Waals surface area contributed by atoms with Crippen molar-refractivity contribution in [2.24, 2.45) is 5.14 Å². The molecule has 9 heteroatoms. The van der Waals surface area contributed by atoms with E-state index in [1.165, 1.54) is 0 Å². The van der Waals surface area contributed by atoms with Gasteiger partial charge < -0.3 is 9.64 Å². The van der Waals surface area contributed by atoms with Gasteiger partial charge in [0.2, 0.25) is 10.0 Å². The zero-order valence-electron chi connectivity index (χ0n) is 14.1. The molecule has 1 aromatic carbocycles. The average molecular weight is 372 g/mol. The number of sulfonamides is 1. The maximum atomic E-state index is 13.8. The molecule has 25 heavy (non-hydrogen) atoms. The van der Waals surface area contributed by atoms with Crippen LogP contribution in [0.25, 0.3) is 0 Å². The van der Waals surface area contributed by atoms with Crippen LogP contribution in [0.3, 0.4) is 0 Å². The summed E-state index contributed by atoms with van der Waals surface area (Å²) in [6.45, 7) is 3.31. The summed E-state index contributed by atoms with van der Waals surface area (Å²) in [5.74, 6) is -2.44. The third kappa shape index (κ3) is 4.55. The molecule has 138 valence electrons. The molecule has 2 atom stereocenters. The predicted octanol–water partition coefficient (Wildman–Crippen LogP) is 1.42. The van der Waals surface area contributed by atoms with Gasteiger partial charge in [-0.2, -0.15) is 0 Å².